The Hall–Kier alpha value is -1.77. The van der Waals surface area contributed by atoms with E-state index in [-0.39, 0.29) is 16.6 Å². The molecule has 0 radical (unpaired) electrons. The van der Waals surface area contributed by atoms with Crippen LogP contribution in [0, 0.1) is 0 Å². The maximum Gasteiger partial charge on any atom is 0.185 e. The Labute approximate surface area is 120 Å². The van der Waals surface area contributed by atoms with Crippen LogP contribution in [0.1, 0.15) is 15.9 Å². The lowest BCUT2D eigenvalue weighted by Gasteiger charge is -1.99. The number of halogens is 2. The first-order valence-electron chi connectivity index (χ1n) is 5.53. The van der Waals surface area contributed by atoms with Crippen LogP contribution in [-0.4, -0.2) is 10.9 Å². The fraction of sp³-hybridized carbons (Fsp3) is 0. The minimum Gasteiger partial charge on any atom is -0.506 e. The molecule has 0 saturated heterocycles. The molecule has 0 amide bonds. The Morgan fingerprint density at radius 1 is 1.05 bits per heavy atom. The molecule has 1 N–H and O–H groups in total. The van der Waals surface area contributed by atoms with E-state index in [1.807, 2.05) is 12.1 Å². The number of benzene rings is 2. The first-order valence-corrected chi connectivity index (χ1v) is 6.28. The third kappa shape index (κ3) is 3.60. The number of carbonyl (C=O) groups excluding carboxylic acids is 1. The Morgan fingerprint density at radius 3 is 2.37 bits per heavy atom. The Balaban J connectivity index is 2.16. The molecule has 0 aliphatic carbocycles. The number of aromatic hydroxyl groups is 1. The second kappa shape index (κ2) is 5.91. The summed E-state index contributed by atoms with van der Waals surface area (Å²) < 4.78 is 0. The zero-order chi connectivity index (χ0) is 13.8. The largest absolute Gasteiger partial charge is 0.506 e. The van der Waals surface area contributed by atoms with Crippen LogP contribution in [0.2, 0.25) is 10.0 Å². The molecule has 0 bridgehead atoms. The number of rotatable bonds is 3. The van der Waals surface area contributed by atoms with Crippen LogP contribution in [-0.2, 0) is 0 Å². The quantitative estimate of drug-likeness (QED) is 0.663. The van der Waals surface area contributed by atoms with E-state index >= 15 is 0 Å². The van der Waals surface area contributed by atoms with Crippen molar-refractivity contribution in [2.75, 3.05) is 0 Å². The van der Waals surface area contributed by atoms with Crippen molar-refractivity contribution in [3.05, 3.63) is 69.7 Å². The van der Waals surface area contributed by atoms with Gasteiger partial charge in [-0.1, -0.05) is 41.4 Å². The predicted molar refractivity (Wildman–Crippen MR) is 77.9 cm³/mol. The van der Waals surface area contributed by atoms with Crippen molar-refractivity contribution < 1.29 is 9.90 Å². The molecule has 0 atom stereocenters. The van der Waals surface area contributed by atoms with Gasteiger partial charge >= 0.3 is 0 Å². The number of ketones is 1. The van der Waals surface area contributed by atoms with Crippen LogP contribution in [0.15, 0.2) is 48.5 Å². The van der Waals surface area contributed by atoms with Crippen molar-refractivity contribution in [1.29, 1.82) is 0 Å². The summed E-state index contributed by atoms with van der Waals surface area (Å²) in [4.78, 5) is 11.9. The smallest absolute Gasteiger partial charge is 0.185 e. The van der Waals surface area contributed by atoms with Gasteiger partial charge in [-0.3, -0.25) is 4.79 Å². The number of hydrogen-bond donors (Lipinski definition) is 1. The molecular weight excluding hydrogens is 283 g/mol. The van der Waals surface area contributed by atoms with E-state index in [1.54, 1.807) is 18.2 Å². The lowest BCUT2D eigenvalue weighted by Crippen LogP contribution is -1.93. The van der Waals surface area contributed by atoms with Gasteiger partial charge in [-0.15, -0.1) is 0 Å². The van der Waals surface area contributed by atoms with E-state index in [2.05, 4.69) is 0 Å². The first kappa shape index (κ1) is 13.7. The molecular formula is C15H10Cl2O2. The monoisotopic (exact) mass is 292 g/mol. The summed E-state index contributed by atoms with van der Waals surface area (Å²) in [6.45, 7) is 0. The summed E-state index contributed by atoms with van der Waals surface area (Å²) in [5, 5.41) is 10.1. The summed E-state index contributed by atoms with van der Waals surface area (Å²) in [7, 11) is 0. The molecule has 0 aromatic heterocycles. The standard InChI is InChI=1S/C15H10Cl2O2/c16-12-5-1-10(2-6-12)3-7-14(18)11-4-8-15(19)13(17)9-11/h1-9,19H. The predicted octanol–water partition coefficient (Wildman–Crippen LogP) is 4.60. The lowest BCUT2D eigenvalue weighted by molar-refractivity contribution is 0.104. The van der Waals surface area contributed by atoms with Gasteiger partial charge in [-0.05, 0) is 42.0 Å². The first-order chi connectivity index (χ1) is 9.06. The molecule has 0 fully saturated rings. The maximum atomic E-state index is 11.9. The van der Waals surface area contributed by atoms with Crippen LogP contribution < -0.4 is 0 Å². The van der Waals surface area contributed by atoms with Gasteiger partial charge in [0.05, 0.1) is 5.02 Å². The molecule has 0 aliphatic rings. The van der Waals surface area contributed by atoms with Crippen molar-refractivity contribution in [1.82, 2.24) is 0 Å². The molecule has 2 rings (SSSR count). The molecule has 0 unspecified atom stereocenters. The van der Waals surface area contributed by atoms with Crippen molar-refractivity contribution in [3.63, 3.8) is 0 Å². The van der Waals surface area contributed by atoms with Gasteiger partial charge in [0.15, 0.2) is 5.78 Å². The zero-order valence-corrected chi connectivity index (χ0v) is 11.3. The Bertz CT molecular complexity index is 631. The molecule has 2 aromatic rings. The van der Waals surface area contributed by atoms with Crippen molar-refractivity contribution in [3.8, 4) is 5.75 Å². The highest BCUT2D eigenvalue weighted by Gasteiger charge is 2.05. The third-order valence-corrected chi connectivity index (χ3v) is 3.08. The van der Waals surface area contributed by atoms with E-state index in [4.69, 9.17) is 23.2 Å². The number of phenols is 1. The average Bonchev–Trinajstić information content (AvgIpc) is 2.41. The van der Waals surface area contributed by atoms with Gasteiger partial charge < -0.3 is 5.11 Å². The molecule has 0 spiro atoms. The maximum absolute atomic E-state index is 11.9. The van der Waals surface area contributed by atoms with E-state index in [0.29, 0.717) is 10.6 Å². The van der Waals surface area contributed by atoms with E-state index in [9.17, 15) is 9.90 Å². The van der Waals surface area contributed by atoms with Gasteiger partial charge in [0.2, 0.25) is 0 Å². The number of carbonyl (C=O) groups is 1. The van der Waals surface area contributed by atoms with Gasteiger partial charge in [0, 0.05) is 10.6 Å². The van der Waals surface area contributed by atoms with Gasteiger partial charge in [0.1, 0.15) is 5.75 Å². The van der Waals surface area contributed by atoms with Crippen molar-refractivity contribution in [2.24, 2.45) is 0 Å². The SMILES string of the molecule is O=C(C=Cc1ccc(Cl)cc1)c1ccc(O)c(Cl)c1. The minimum absolute atomic E-state index is 0.0418. The fourth-order valence-corrected chi connectivity index (χ4v) is 1.81. The van der Waals surface area contributed by atoms with Gasteiger partial charge in [-0.25, -0.2) is 0 Å². The molecule has 19 heavy (non-hydrogen) atoms. The Kier molecular flexibility index (Phi) is 4.25. The molecule has 2 aromatic carbocycles. The van der Waals surface area contributed by atoms with Gasteiger partial charge in [-0.2, -0.15) is 0 Å². The van der Waals surface area contributed by atoms with Crippen LogP contribution in [0.3, 0.4) is 0 Å². The van der Waals surface area contributed by atoms with Crippen molar-refractivity contribution in [2.45, 2.75) is 0 Å². The minimum atomic E-state index is -0.183. The third-order valence-electron chi connectivity index (χ3n) is 2.53. The molecule has 4 heteroatoms. The van der Waals surface area contributed by atoms with Crippen LogP contribution in [0.4, 0.5) is 0 Å². The van der Waals surface area contributed by atoms with Crippen molar-refractivity contribution >= 4 is 35.1 Å². The fourth-order valence-electron chi connectivity index (χ4n) is 1.50. The summed E-state index contributed by atoms with van der Waals surface area (Å²) in [6, 6.07) is 11.5. The highest BCUT2D eigenvalue weighted by Crippen LogP contribution is 2.24. The lowest BCUT2D eigenvalue weighted by atomic mass is 10.1. The molecule has 0 heterocycles. The Morgan fingerprint density at radius 2 is 1.74 bits per heavy atom. The average molecular weight is 293 g/mol. The van der Waals surface area contributed by atoms with Gasteiger partial charge in [0.25, 0.3) is 0 Å². The summed E-state index contributed by atoms with van der Waals surface area (Å²) >= 11 is 11.5. The molecule has 96 valence electrons. The molecule has 2 nitrogen and oxygen atoms in total. The summed E-state index contributed by atoms with van der Waals surface area (Å²) in [5.74, 6) is -0.225. The van der Waals surface area contributed by atoms with Crippen LogP contribution in [0.25, 0.3) is 6.08 Å². The summed E-state index contributed by atoms with van der Waals surface area (Å²) in [6.07, 6.45) is 3.14. The normalized spacial score (nSPS) is 10.8. The highest BCUT2D eigenvalue weighted by molar-refractivity contribution is 6.32. The molecule has 0 saturated carbocycles. The van der Waals surface area contributed by atoms with E-state index < -0.39 is 0 Å². The zero-order valence-electron chi connectivity index (χ0n) is 9.81. The van der Waals surface area contributed by atoms with E-state index in [1.165, 1.54) is 24.3 Å². The number of phenolic OH excluding ortho intramolecular Hbond substituents is 1. The van der Waals surface area contributed by atoms with Crippen LogP contribution in [0.5, 0.6) is 5.75 Å². The number of hydrogen-bond acceptors (Lipinski definition) is 2. The summed E-state index contributed by atoms with van der Waals surface area (Å²) in [5.41, 5.74) is 1.30. The molecule has 0 aliphatic heterocycles. The van der Waals surface area contributed by atoms with Crippen LogP contribution >= 0.6 is 23.2 Å². The number of allylic oxidation sites excluding steroid dienone is 1. The highest BCUT2D eigenvalue weighted by atomic mass is 35.5. The topological polar surface area (TPSA) is 37.3 Å². The second-order valence-electron chi connectivity index (χ2n) is 3.92. The second-order valence-corrected chi connectivity index (χ2v) is 4.76. The van der Waals surface area contributed by atoms with E-state index in [0.717, 1.165) is 5.56 Å².